The Bertz CT molecular complexity index is 1800. The number of allylic oxidation sites excluding steroid dienone is 2. The molecule has 3 aromatic rings. The van der Waals surface area contributed by atoms with Crippen LogP contribution in [0.25, 0.3) is 0 Å². The van der Waals surface area contributed by atoms with Gasteiger partial charge >= 0.3 is 0 Å². The Morgan fingerprint density at radius 1 is 0.894 bits per heavy atom. The first-order valence-corrected chi connectivity index (χ1v) is 15.9. The van der Waals surface area contributed by atoms with Crippen LogP contribution in [0, 0.1) is 30.6 Å². The molecule has 10 heteroatoms. The molecule has 0 spiro atoms. The maximum atomic E-state index is 15.2. The van der Waals surface area contributed by atoms with E-state index in [1.54, 1.807) is 19.1 Å². The topological polar surface area (TPSA) is 125 Å². The average Bonchev–Trinajstić information content (AvgIpc) is 3.46. The van der Waals surface area contributed by atoms with Gasteiger partial charge in [-0.3, -0.25) is 29.5 Å². The molecule has 2 aliphatic carbocycles. The molecule has 0 bridgehead atoms. The van der Waals surface area contributed by atoms with Gasteiger partial charge in [0.1, 0.15) is 0 Å². The van der Waals surface area contributed by atoms with E-state index in [0.29, 0.717) is 23.2 Å². The molecule has 47 heavy (non-hydrogen) atoms. The molecule has 7 rings (SSSR count). The normalized spacial score (nSPS) is 28.1. The second kappa shape index (κ2) is 11.3. The number of likely N-dealkylation sites (tertiary alicyclic amines) is 1. The minimum absolute atomic E-state index is 0.145. The maximum Gasteiger partial charge on any atom is 0.260 e. The third kappa shape index (κ3) is 4.30. The number of rotatable bonds is 7. The second-order valence-corrected chi connectivity index (χ2v) is 12.8. The van der Waals surface area contributed by atoms with Crippen molar-refractivity contribution in [2.45, 2.75) is 38.0 Å². The van der Waals surface area contributed by atoms with Crippen LogP contribution in [0.4, 0.5) is 5.69 Å². The van der Waals surface area contributed by atoms with Crippen LogP contribution in [0.5, 0.6) is 17.2 Å². The van der Waals surface area contributed by atoms with Crippen molar-refractivity contribution in [1.82, 2.24) is 9.91 Å². The quantitative estimate of drug-likeness (QED) is 0.282. The highest BCUT2D eigenvalue weighted by molar-refractivity contribution is 6.13. The Morgan fingerprint density at radius 3 is 2.17 bits per heavy atom. The fourth-order valence-electron chi connectivity index (χ4n) is 8.58. The number of hydrazine groups is 1. The number of methoxy groups -OCH3 is 2. The van der Waals surface area contributed by atoms with E-state index in [1.807, 2.05) is 67.6 Å². The predicted octanol–water partition coefficient (Wildman–Crippen LogP) is 4.72. The summed E-state index contributed by atoms with van der Waals surface area (Å²) in [6.07, 6.45) is 2.54. The Balaban J connectivity index is 1.49. The SMILES string of the molecule is CCN1C(=O)[C@H]2[C@H](CC=C3[C@H]2C[C@H]2C(=O)N(Nc4ccc(C)cc4)C(=O)[C@@]2(c2ccccc2)[C@H]3c2cc(OC)c(O)c(OC)c2)C1=O. The molecular formula is C37H37N3O7. The molecule has 2 heterocycles. The molecule has 3 aromatic carbocycles. The molecule has 3 fully saturated rings. The number of imide groups is 2. The summed E-state index contributed by atoms with van der Waals surface area (Å²) >= 11 is 0. The maximum absolute atomic E-state index is 15.2. The van der Waals surface area contributed by atoms with Gasteiger partial charge in [-0.15, -0.1) is 0 Å². The minimum atomic E-state index is -1.44. The van der Waals surface area contributed by atoms with Crippen LogP contribution in [0.1, 0.15) is 42.4 Å². The highest BCUT2D eigenvalue weighted by Crippen LogP contribution is 2.64. The molecular weight excluding hydrogens is 598 g/mol. The van der Waals surface area contributed by atoms with E-state index in [9.17, 15) is 19.5 Å². The number of amides is 4. The molecule has 1 saturated carbocycles. The lowest BCUT2D eigenvalue weighted by atomic mass is 9.49. The number of hydrogen-bond donors (Lipinski definition) is 2. The molecule has 2 saturated heterocycles. The van der Waals surface area contributed by atoms with E-state index in [-0.39, 0.29) is 42.0 Å². The number of fused-ring (bicyclic) bond motifs is 4. The van der Waals surface area contributed by atoms with Crippen LogP contribution >= 0.6 is 0 Å². The predicted molar refractivity (Wildman–Crippen MR) is 172 cm³/mol. The average molecular weight is 636 g/mol. The van der Waals surface area contributed by atoms with Gasteiger partial charge in [0.2, 0.25) is 17.6 Å². The first-order chi connectivity index (χ1) is 22.7. The third-order valence-electron chi connectivity index (χ3n) is 10.6. The van der Waals surface area contributed by atoms with E-state index in [0.717, 1.165) is 16.1 Å². The minimum Gasteiger partial charge on any atom is -0.502 e. The number of aromatic hydroxyl groups is 1. The number of carbonyl (C=O) groups excluding carboxylic acids is 4. The number of phenols is 1. The Kier molecular flexibility index (Phi) is 7.33. The van der Waals surface area contributed by atoms with E-state index < -0.39 is 46.8 Å². The van der Waals surface area contributed by atoms with Crippen LogP contribution < -0.4 is 14.9 Å². The van der Waals surface area contributed by atoms with Crippen molar-refractivity contribution < 1.29 is 33.8 Å². The monoisotopic (exact) mass is 635 g/mol. The van der Waals surface area contributed by atoms with E-state index in [4.69, 9.17) is 9.47 Å². The van der Waals surface area contributed by atoms with Crippen LogP contribution in [-0.2, 0) is 24.6 Å². The number of nitrogens with one attached hydrogen (secondary N) is 1. The van der Waals surface area contributed by atoms with Crippen molar-refractivity contribution in [2.75, 3.05) is 26.2 Å². The number of carbonyl (C=O) groups is 4. The molecule has 0 aromatic heterocycles. The molecule has 4 amide bonds. The Morgan fingerprint density at radius 2 is 1.55 bits per heavy atom. The largest absolute Gasteiger partial charge is 0.502 e. The van der Waals surface area contributed by atoms with Gasteiger partial charge in [-0.25, -0.2) is 0 Å². The molecule has 2 aliphatic heterocycles. The first kappa shape index (κ1) is 30.5. The zero-order valence-electron chi connectivity index (χ0n) is 26.7. The summed E-state index contributed by atoms with van der Waals surface area (Å²) in [6, 6.07) is 20.1. The van der Waals surface area contributed by atoms with E-state index in [1.165, 1.54) is 19.1 Å². The summed E-state index contributed by atoms with van der Waals surface area (Å²) in [5.74, 6) is -4.49. The van der Waals surface area contributed by atoms with Crippen molar-refractivity contribution in [3.63, 3.8) is 0 Å². The van der Waals surface area contributed by atoms with Crippen LogP contribution in [0.15, 0.2) is 78.4 Å². The smallest absolute Gasteiger partial charge is 0.260 e. The number of ether oxygens (including phenoxy) is 2. The number of benzene rings is 3. The summed E-state index contributed by atoms with van der Waals surface area (Å²) in [6.45, 7) is 4.01. The lowest BCUT2D eigenvalue weighted by Gasteiger charge is -2.50. The van der Waals surface area contributed by atoms with Crippen molar-refractivity contribution in [2.24, 2.45) is 23.7 Å². The first-order valence-electron chi connectivity index (χ1n) is 15.9. The van der Waals surface area contributed by atoms with E-state index in [2.05, 4.69) is 5.43 Å². The molecule has 6 atom stereocenters. The van der Waals surface area contributed by atoms with Crippen LogP contribution in [0.2, 0.25) is 0 Å². The fourth-order valence-corrected chi connectivity index (χ4v) is 8.58. The van der Waals surface area contributed by atoms with Crippen molar-refractivity contribution in [3.8, 4) is 17.2 Å². The van der Waals surface area contributed by atoms with Crippen molar-refractivity contribution >= 4 is 29.3 Å². The molecule has 0 radical (unpaired) electrons. The fraction of sp³-hybridized carbons (Fsp3) is 0.351. The number of hydrogen-bond acceptors (Lipinski definition) is 8. The Hall–Kier alpha value is -5.12. The highest BCUT2D eigenvalue weighted by atomic mass is 16.5. The van der Waals surface area contributed by atoms with Gasteiger partial charge in [-0.05, 0) is 68.0 Å². The van der Waals surface area contributed by atoms with Gasteiger partial charge in [0.15, 0.2) is 11.5 Å². The van der Waals surface area contributed by atoms with Gasteiger partial charge in [0.25, 0.3) is 11.8 Å². The highest BCUT2D eigenvalue weighted by Gasteiger charge is 2.70. The standard InChI is InChI=1S/C37H37N3O7/c1-5-39-33(42)25-16-15-24-26(30(25)35(39)44)19-27-34(43)40(38-23-13-11-20(2)12-14-23)36(45)37(27,22-9-7-6-8-10-22)31(24)21-17-28(46-3)32(41)29(18-21)47-4/h6-15,17-18,25-27,30-31,38,41H,5,16,19H2,1-4H3/t25-,26+,27-,30-,31-,37+/m0/s1. The van der Waals surface area contributed by atoms with Crippen LogP contribution in [0.3, 0.4) is 0 Å². The van der Waals surface area contributed by atoms with Crippen LogP contribution in [-0.4, -0.2) is 59.4 Å². The molecule has 242 valence electrons. The zero-order chi connectivity index (χ0) is 33.2. The number of aryl methyl sites for hydroxylation is 1. The number of phenolic OH excluding ortho intramolecular Hbond substituents is 1. The molecule has 10 nitrogen and oxygen atoms in total. The summed E-state index contributed by atoms with van der Waals surface area (Å²) < 4.78 is 11.1. The lowest BCUT2D eigenvalue weighted by Crippen LogP contribution is -2.53. The number of nitrogens with zero attached hydrogens (tertiary/aromatic N) is 2. The van der Waals surface area contributed by atoms with E-state index >= 15 is 4.79 Å². The number of anilines is 1. The summed E-state index contributed by atoms with van der Waals surface area (Å²) in [5, 5.41) is 12.0. The summed E-state index contributed by atoms with van der Waals surface area (Å²) in [7, 11) is 2.86. The third-order valence-corrected chi connectivity index (χ3v) is 10.6. The summed E-state index contributed by atoms with van der Waals surface area (Å²) in [5.41, 5.74) is 5.33. The van der Waals surface area contributed by atoms with Gasteiger partial charge in [0, 0.05) is 12.5 Å². The molecule has 4 aliphatic rings. The van der Waals surface area contributed by atoms with Gasteiger partial charge in [-0.1, -0.05) is 59.7 Å². The van der Waals surface area contributed by atoms with Gasteiger partial charge in [0.05, 0.1) is 43.1 Å². The summed E-state index contributed by atoms with van der Waals surface area (Å²) in [4.78, 5) is 58.5. The van der Waals surface area contributed by atoms with Gasteiger partial charge < -0.3 is 14.6 Å². The molecule has 0 unspecified atom stereocenters. The second-order valence-electron chi connectivity index (χ2n) is 12.8. The molecule has 2 N–H and O–H groups in total. The van der Waals surface area contributed by atoms with Crippen molar-refractivity contribution in [3.05, 3.63) is 95.1 Å². The van der Waals surface area contributed by atoms with Crippen molar-refractivity contribution in [1.29, 1.82) is 0 Å². The zero-order valence-corrected chi connectivity index (χ0v) is 26.7. The Labute approximate surface area is 272 Å². The van der Waals surface area contributed by atoms with Gasteiger partial charge in [-0.2, -0.15) is 5.01 Å². The lowest BCUT2D eigenvalue weighted by molar-refractivity contribution is -0.141.